The molecule has 0 saturated carbocycles. The Bertz CT molecular complexity index is 563. The Morgan fingerprint density at radius 1 is 1.44 bits per heavy atom. The predicted molar refractivity (Wildman–Crippen MR) is 67.0 cm³/mol. The maximum atomic E-state index is 13.7. The fourth-order valence-electron chi connectivity index (χ4n) is 1.84. The van der Waals surface area contributed by atoms with Crippen LogP contribution >= 0.6 is 0 Å². The first-order valence-electron chi connectivity index (χ1n) is 5.71. The summed E-state index contributed by atoms with van der Waals surface area (Å²) in [6.45, 7) is 3.59. The quantitative estimate of drug-likeness (QED) is 0.909. The minimum absolute atomic E-state index is 0.360. The van der Waals surface area contributed by atoms with E-state index in [1.165, 1.54) is 6.07 Å². The molecular formula is C13H16FN3O. The first kappa shape index (κ1) is 12.6. The van der Waals surface area contributed by atoms with Crippen LogP contribution in [0.2, 0.25) is 0 Å². The lowest BCUT2D eigenvalue weighted by atomic mass is 10.1. The number of rotatable bonds is 3. The largest absolute Gasteiger partial charge is 0.439 e. The molecule has 0 aliphatic heterocycles. The second-order valence-electron chi connectivity index (χ2n) is 4.29. The first-order chi connectivity index (χ1) is 8.49. The highest BCUT2D eigenvalue weighted by Gasteiger charge is 2.15. The number of ether oxygens (including phenoxy) is 1. The number of hydrogen-bond acceptors (Lipinski definition) is 3. The molecule has 5 heteroatoms. The van der Waals surface area contributed by atoms with E-state index in [9.17, 15) is 4.39 Å². The number of aromatic nitrogens is 2. The molecule has 1 aromatic heterocycles. The van der Waals surface area contributed by atoms with Crippen molar-refractivity contribution in [1.29, 1.82) is 0 Å². The summed E-state index contributed by atoms with van der Waals surface area (Å²) in [5.74, 6) is 0.620. The van der Waals surface area contributed by atoms with Crippen molar-refractivity contribution in [1.82, 2.24) is 9.78 Å². The van der Waals surface area contributed by atoms with Gasteiger partial charge < -0.3 is 10.5 Å². The van der Waals surface area contributed by atoms with Gasteiger partial charge in [0, 0.05) is 24.7 Å². The SMILES string of the molecule is Cc1cc(Oc2cccc(F)c2[C@H](C)N)n(C)n1. The first-order valence-corrected chi connectivity index (χ1v) is 5.71. The molecule has 18 heavy (non-hydrogen) atoms. The molecular weight excluding hydrogens is 233 g/mol. The number of hydrogen-bond donors (Lipinski definition) is 1. The van der Waals surface area contributed by atoms with Gasteiger partial charge in [-0.3, -0.25) is 0 Å². The van der Waals surface area contributed by atoms with Crippen molar-refractivity contribution in [3.63, 3.8) is 0 Å². The summed E-state index contributed by atoms with van der Waals surface area (Å²) in [5.41, 5.74) is 6.98. The van der Waals surface area contributed by atoms with Crippen LogP contribution < -0.4 is 10.5 Å². The zero-order valence-electron chi connectivity index (χ0n) is 10.6. The molecule has 1 heterocycles. The summed E-state index contributed by atoms with van der Waals surface area (Å²) < 4.78 is 21.0. The smallest absolute Gasteiger partial charge is 0.217 e. The average molecular weight is 249 g/mol. The van der Waals surface area contributed by atoms with Gasteiger partial charge in [-0.15, -0.1) is 0 Å². The topological polar surface area (TPSA) is 53.1 Å². The predicted octanol–water partition coefficient (Wildman–Crippen LogP) is 2.68. The second-order valence-corrected chi connectivity index (χ2v) is 4.29. The van der Waals surface area contributed by atoms with Crippen molar-refractivity contribution in [2.75, 3.05) is 0 Å². The maximum Gasteiger partial charge on any atom is 0.217 e. The van der Waals surface area contributed by atoms with Crippen molar-refractivity contribution in [3.05, 3.63) is 41.3 Å². The zero-order valence-corrected chi connectivity index (χ0v) is 10.6. The lowest BCUT2D eigenvalue weighted by Crippen LogP contribution is -2.09. The zero-order chi connectivity index (χ0) is 13.3. The molecule has 1 atom stereocenters. The van der Waals surface area contributed by atoms with E-state index in [2.05, 4.69) is 5.10 Å². The van der Waals surface area contributed by atoms with Crippen LogP contribution in [0.15, 0.2) is 24.3 Å². The third kappa shape index (κ3) is 2.36. The third-order valence-corrected chi connectivity index (χ3v) is 2.64. The van der Waals surface area contributed by atoms with Gasteiger partial charge in [-0.05, 0) is 26.0 Å². The average Bonchev–Trinajstić information content (AvgIpc) is 2.57. The molecule has 0 fully saturated rings. The third-order valence-electron chi connectivity index (χ3n) is 2.64. The highest BCUT2D eigenvalue weighted by Crippen LogP contribution is 2.30. The van der Waals surface area contributed by atoms with Gasteiger partial charge in [0.2, 0.25) is 5.88 Å². The van der Waals surface area contributed by atoms with Crippen LogP contribution in [-0.4, -0.2) is 9.78 Å². The lowest BCUT2D eigenvalue weighted by Gasteiger charge is -2.14. The molecule has 1 aromatic carbocycles. The van der Waals surface area contributed by atoms with E-state index in [1.54, 1.807) is 36.9 Å². The standard InChI is InChI=1S/C13H16FN3O/c1-8-7-12(17(3)16-8)18-11-6-4-5-10(14)13(11)9(2)15/h4-7,9H,15H2,1-3H3/t9-/m0/s1. The molecule has 0 bridgehead atoms. The van der Waals surface area contributed by atoms with Crippen LogP contribution in [0.5, 0.6) is 11.6 Å². The Hall–Kier alpha value is -1.88. The number of nitrogens with two attached hydrogens (primary N) is 1. The molecule has 0 radical (unpaired) electrons. The van der Waals surface area contributed by atoms with Crippen molar-refractivity contribution < 1.29 is 9.13 Å². The highest BCUT2D eigenvalue weighted by molar-refractivity contribution is 5.39. The molecule has 0 aliphatic rings. The molecule has 0 aliphatic carbocycles. The fourth-order valence-corrected chi connectivity index (χ4v) is 1.84. The Morgan fingerprint density at radius 3 is 2.72 bits per heavy atom. The van der Waals surface area contributed by atoms with E-state index in [0.29, 0.717) is 17.2 Å². The van der Waals surface area contributed by atoms with E-state index in [4.69, 9.17) is 10.5 Å². The highest BCUT2D eigenvalue weighted by atomic mass is 19.1. The van der Waals surface area contributed by atoms with Crippen LogP contribution in [0.25, 0.3) is 0 Å². The number of benzene rings is 1. The number of aryl methyl sites for hydroxylation is 2. The van der Waals surface area contributed by atoms with Gasteiger partial charge in [0.05, 0.1) is 5.69 Å². The van der Waals surface area contributed by atoms with Gasteiger partial charge in [-0.25, -0.2) is 9.07 Å². The van der Waals surface area contributed by atoms with Crippen LogP contribution in [-0.2, 0) is 7.05 Å². The molecule has 4 nitrogen and oxygen atoms in total. The molecule has 2 rings (SSSR count). The Morgan fingerprint density at radius 2 is 2.17 bits per heavy atom. The monoisotopic (exact) mass is 249 g/mol. The van der Waals surface area contributed by atoms with Crippen LogP contribution in [0.3, 0.4) is 0 Å². The van der Waals surface area contributed by atoms with Gasteiger partial charge in [0.25, 0.3) is 0 Å². The Kier molecular flexibility index (Phi) is 3.34. The van der Waals surface area contributed by atoms with E-state index >= 15 is 0 Å². The Labute approximate surface area is 105 Å². The van der Waals surface area contributed by atoms with Gasteiger partial charge in [-0.1, -0.05) is 6.07 Å². The summed E-state index contributed by atoms with van der Waals surface area (Å²) >= 11 is 0. The molecule has 96 valence electrons. The van der Waals surface area contributed by atoms with Gasteiger partial charge in [0.15, 0.2) is 0 Å². The van der Waals surface area contributed by atoms with Crippen LogP contribution in [0.1, 0.15) is 24.2 Å². The summed E-state index contributed by atoms with van der Waals surface area (Å²) in [4.78, 5) is 0. The lowest BCUT2D eigenvalue weighted by molar-refractivity contribution is 0.417. The normalized spacial score (nSPS) is 12.5. The number of nitrogens with zero attached hydrogens (tertiary/aromatic N) is 2. The van der Waals surface area contributed by atoms with E-state index in [-0.39, 0.29) is 5.82 Å². The molecule has 0 saturated heterocycles. The molecule has 2 N–H and O–H groups in total. The van der Waals surface area contributed by atoms with Crippen molar-refractivity contribution in [3.8, 4) is 11.6 Å². The fraction of sp³-hybridized carbons (Fsp3) is 0.308. The van der Waals surface area contributed by atoms with E-state index in [0.717, 1.165) is 5.69 Å². The Balaban J connectivity index is 2.40. The minimum atomic E-state index is -0.435. The second kappa shape index (κ2) is 4.78. The van der Waals surface area contributed by atoms with Crippen LogP contribution in [0.4, 0.5) is 4.39 Å². The van der Waals surface area contributed by atoms with Crippen molar-refractivity contribution in [2.24, 2.45) is 12.8 Å². The van der Waals surface area contributed by atoms with Gasteiger partial charge in [-0.2, -0.15) is 5.10 Å². The van der Waals surface area contributed by atoms with Crippen molar-refractivity contribution >= 4 is 0 Å². The molecule has 0 spiro atoms. The number of halogens is 1. The summed E-state index contributed by atoms with van der Waals surface area (Å²) in [6, 6.07) is 6.02. The van der Waals surface area contributed by atoms with E-state index in [1.807, 2.05) is 6.92 Å². The molecule has 0 amide bonds. The van der Waals surface area contributed by atoms with E-state index < -0.39 is 6.04 Å². The summed E-state index contributed by atoms with van der Waals surface area (Å²) in [6.07, 6.45) is 0. The van der Waals surface area contributed by atoms with Gasteiger partial charge in [0.1, 0.15) is 11.6 Å². The van der Waals surface area contributed by atoms with Gasteiger partial charge >= 0.3 is 0 Å². The molecule has 2 aromatic rings. The summed E-state index contributed by atoms with van der Waals surface area (Å²) in [5, 5.41) is 4.17. The van der Waals surface area contributed by atoms with Crippen molar-refractivity contribution in [2.45, 2.75) is 19.9 Å². The maximum absolute atomic E-state index is 13.7. The minimum Gasteiger partial charge on any atom is -0.439 e. The molecule has 0 unspecified atom stereocenters. The summed E-state index contributed by atoms with van der Waals surface area (Å²) in [7, 11) is 1.77. The van der Waals surface area contributed by atoms with Crippen LogP contribution in [0, 0.1) is 12.7 Å².